The number of carbonyl (C=O) groups is 2. The summed E-state index contributed by atoms with van der Waals surface area (Å²) in [5.41, 5.74) is 3.77. The summed E-state index contributed by atoms with van der Waals surface area (Å²) in [4.78, 5) is 36.0. The van der Waals surface area contributed by atoms with Gasteiger partial charge in [0.1, 0.15) is 13.7 Å². The SMILES string of the molecule is [B]c1cnn2c(NCc3cccnc3)cc(C3CCCN(C(=O)c4cccc(C(=O)OC)c4)C3)nc12. The molecule has 1 unspecified atom stereocenters. The highest BCUT2D eigenvalue weighted by molar-refractivity contribution is 6.36. The van der Waals surface area contributed by atoms with E-state index >= 15 is 0 Å². The van der Waals surface area contributed by atoms with Crippen molar-refractivity contribution in [2.75, 3.05) is 25.5 Å². The molecular formula is C26H25BN6O3. The van der Waals surface area contributed by atoms with Crippen molar-refractivity contribution in [2.24, 2.45) is 0 Å². The Balaban J connectivity index is 1.39. The van der Waals surface area contributed by atoms with Gasteiger partial charge in [-0.2, -0.15) is 9.61 Å². The van der Waals surface area contributed by atoms with Crippen LogP contribution in [-0.2, 0) is 11.3 Å². The third-order valence-electron chi connectivity index (χ3n) is 6.37. The number of anilines is 1. The van der Waals surface area contributed by atoms with E-state index in [0.29, 0.717) is 41.9 Å². The Kier molecular flexibility index (Phi) is 6.66. The van der Waals surface area contributed by atoms with E-state index in [9.17, 15) is 9.59 Å². The number of hydrogen-bond donors (Lipinski definition) is 1. The summed E-state index contributed by atoms with van der Waals surface area (Å²) in [6.07, 6.45) is 6.87. The number of rotatable bonds is 6. The van der Waals surface area contributed by atoms with Gasteiger partial charge < -0.3 is 15.0 Å². The Morgan fingerprint density at radius 1 is 1.17 bits per heavy atom. The highest BCUT2D eigenvalue weighted by Gasteiger charge is 2.28. The fourth-order valence-corrected chi connectivity index (χ4v) is 4.51. The molecule has 0 saturated carbocycles. The average molecular weight is 480 g/mol. The molecule has 180 valence electrons. The van der Waals surface area contributed by atoms with Crippen molar-refractivity contribution in [3.05, 3.63) is 83.4 Å². The second kappa shape index (κ2) is 10.2. The highest BCUT2D eigenvalue weighted by atomic mass is 16.5. The zero-order chi connectivity index (χ0) is 25.1. The number of nitrogens with one attached hydrogen (secondary N) is 1. The Labute approximate surface area is 209 Å². The van der Waals surface area contributed by atoms with Crippen molar-refractivity contribution in [1.29, 1.82) is 0 Å². The molecule has 4 heterocycles. The van der Waals surface area contributed by atoms with Crippen molar-refractivity contribution >= 4 is 36.7 Å². The molecule has 36 heavy (non-hydrogen) atoms. The maximum atomic E-state index is 13.3. The first-order valence-electron chi connectivity index (χ1n) is 11.8. The van der Waals surface area contributed by atoms with Gasteiger partial charge in [-0.3, -0.25) is 9.78 Å². The van der Waals surface area contributed by atoms with Crippen LogP contribution in [0, 0.1) is 0 Å². The molecule has 1 saturated heterocycles. The molecule has 1 fully saturated rings. The molecule has 9 nitrogen and oxygen atoms in total. The molecule has 0 aliphatic carbocycles. The summed E-state index contributed by atoms with van der Waals surface area (Å²) in [6, 6.07) is 12.5. The van der Waals surface area contributed by atoms with Gasteiger partial charge in [-0.1, -0.05) is 12.1 Å². The van der Waals surface area contributed by atoms with Crippen LogP contribution in [0.2, 0.25) is 0 Å². The Hall–Kier alpha value is -4.21. The molecule has 1 amide bonds. The smallest absolute Gasteiger partial charge is 0.337 e. The third-order valence-corrected chi connectivity index (χ3v) is 6.37. The van der Waals surface area contributed by atoms with E-state index in [4.69, 9.17) is 17.6 Å². The molecule has 1 N–H and O–H groups in total. The predicted molar refractivity (Wildman–Crippen MR) is 136 cm³/mol. The summed E-state index contributed by atoms with van der Waals surface area (Å²) in [7, 11) is 7.49. The molecule has 5 rings (SSSR count). The minimum Gasteiger partial charge on any atom is -0.465 e. The van der Waals surface area contributed by atoms with Gasteiger partial charge in [0.25, 0.3) is 5.91 Å². The zero-order valence-electron chi connectivity index (χ0n) is 19.9. The molecule has 1 aliphatic rings. The van der Waals surface area contributed by atoms with E-state index in [1.165, 1.54) is 7.11 Å². The number of amides is 1. The maximum Gasteiger partial charge on any atom is 0.337 e. The fraction of sp³-hybridized carbons (Fsp3) is 0.269. The first-order valence-corrected chi connectivity index (χ1v) is 11.8. The van der Waals surface area contributed by atoms with E-state index in [-0.39, 0.29) is 11.8 Å². The van der Waals surface area contributed by atoms with Crippen molar-refractivity contribution in [2.45, 2.75) is 25.3 Å². The summed E-state index contributed by atoms with van der Waals surface area (Å²) in [5, 5.41) is 7.80. The molecule has 0 bridgehead atoms. The van der Waals surface area contributed by atoms with Gasteiger partial charge in [-0.25, -0.2) is 9.78 Å². The molecule has 4 aromatic rings. The Morgan fingerprint density at radius 3 is 2.83 bits per heavy atom. The van der Waals surface area contributed by atoms with E-state index in [2.05, 4.69) is 15.4 Å². The second-order valence-electron chi connectivity index (χ2n) is 8.78. The number of esters is 1. The number of piperidine rings is 1. The third kappa shape index (κ3) is 4.79. The lowest BCUT2D eigenvalue weighted by Gasteiger charge is -2.33. The largest absolute Gasteiger partial charge is 0.465 e. The topological polar surface area (TPSA) is 102 Å². The lowest BCUT2D eigenvalue weighted by atomic mass is 9.93. The molecule has 0 spiro atoms. The van der Waals surface area contributed by atoms with Crippen LogP contribution in [0.4, 0.5) is 5.82 Å². The summed E-state index contributed by atoms with van der Waals surface area (Å²) in [5.74, 6) is 0.211. The summed E-state index contributed by atoms with van der Waals surface area (Å²) >= 11 is 0. The quantitative estimate of drug-likeness (QED) is 0.334. The maximum absolute atomic E-state index is 13.3. The monoisotopic (exact) mass is 480 g/mol. The minimum atomic E-state index is -0.469. The van der Waals surface area contributed by atoms with Gasteiger partial charge in [-0.05, 0) is 48.1 Å². The van der Waals surface area contributed by atoms with Crippen LogP contribution in [0.15, 0.2) is 61.1 Å². The summed E-state index contributed by atoms with van der Waals surface area (Å²) in [6.45, 7) is 1.72. The molecular weight excluding hydrogens is 455 g/mol. The van der Waals surface area contributed by atoms with Crippen LogP contribution in [0.1, 0.15) is 50.7 Å². The normalized spacial score (nSPS) is 15.6. The van der Waals surface area contributed by atoms with E-state index in [0.717, 1.165) is 29.9 Å². The molecule has 1 atom stereocenters. The second-order valence-corrected chi connectivity index (χ2v) is 8.78. The Bertz CT molecular complexity index is 1410. The van der Waals surface area contributed by atoms with Crippen LogP contribution in [-0.4, -0.2) is 64.4 Å². The van der Waals surface area contributed by atoms with Gasteiger partial charge in [0.2, 0.25) is 0 Å². The number of aromatic nitrogens is 4. The molecule has 2 radical (unpaired) electrons. The lowest BCUT2D eigenvalue weighted by Crippen LogP contribution is -2.39. The van der Waals surface area contributed by atoms with Gasteiger partial charge >= 0.3 is 5.97 Å². The van der Waals surface area contributed by atoms with Crippen molar-refractivity contribution in [1.82, 2.24) is 24.5 Å². The Morgan fingerprint density at radius 2 is 2.03 bits per heavy atom. The zero-order valence-corrected chi connectivity index (χ0v) is 19.9. The number of nitrogens with zero attached hydrogens (tertiary/aromatic N) is 5. The fourth-order valence-electron chi connectivity index (χ4n) is 4.51. The molecule has 1 aromatic carbocycles. The van der Waals surface area contributed by atoms with Crippen LogP contribution >= 0.6 is 0 Å². The standard InChI is InChI=1S/C26H25BN6O3/c1-36-26(35)19-7-2-6-18(11-19)25(34)32-10-4-8-20(16-32)22-12-23(29-14-17-5-3-9-28-13-17)33-24(31-22)21(27)15-30-33/h2-3,5-7,9,11-13,15,20,29H,4,8,10,14,16H2,1H3. The van der Waals surface area contributed by atoms with Gasteiger partial charge in [0.05, 0.1) is 18.4 Å². The lowest BCUT2D eigenvalue weighted by molar-refractivity contribution is 0.0600. The highest BCUT2D eigenvalue weighted by Crippen LogP contribution is 2.29. The number of carbonyl (C=O) groups excluding carboxylic acids is 2. The van der Waals surface area contributed by atoms with E-state index < -0.39 is 5.97 Å². The average Bonchev–Trinajstić information content (AvgIpc) is 3.32. The number of hydrogen-bond acceptors (Lipinski definition) is 7. The first-order chi connectivity index (χ1) is 17.5. The molecule has 3 aromatic heterocycles. The number of ether oxygens (including phenoxy) is 1. The number of fused-ring (bicyclic) bond motifs is 1. The minimum absolute atomic E-state index is 0.0322. The van der Waals surface area contributed by atoms with Crippen LogP contribution in [0.25, 0.3) is 5.65 Å². The van der Waals surface area contributed by atoms with Crippen LogP contribution in [0.3, 0.4) is 0 Å². The van der Waals surface area contributed by atoms with Crippen molar-refractivity contribution in [3.63, 3.8) is 0 Å². The summed E-state index contributed by atoms with van der Waals surface area (Å²) < 4.78 is 6.48. The predicted octanol–water partition coefficient (Wildman–Crippen LogP) is 2.34. The number of benzene rings is 1. The van der Waals surface area contributed by atoms with Gasteiger partial charge in [0, 0.05) is 55.8 Å². The van der Waals surface area contributed by atoms with Crippen molar-refractivity contribution in [3.8, 4) is 0 Å². The molecule has 10 heteroatoms. The van der Waals surface area contributed by atoms with Crippen molar-refractivity contribution < 1.29 is 14.3 Å². The van der Waals surface area contributed by atoms with Crippen LogP contribution in [0.5, 0.6) is 0 Å². The van der Waals surface area contributed by atoms with E-state index in [1.807, 2.05) is 29.3 Å². The van der Waals surface area contributed by atoms with Crippen LogP contribution < -0.4 is 10.8 Å². The molecule has 1 aliphatic heterocycles. The number of pyridine rings is 1. The number of methoxy groups -OCH3 is 1. The first kappa shape index (κ1) is 23.5. The van der Waals surface area contributed by atoms with E-state index in [1.54, 1.807) is 41.2 Å². The van der Waals surface area contributed by atoms with Gasteiger partial charge in [0.15, 0.2) is 5.65 Å². The number of likely N-dealkylation sites (tertiary alicyclic amines) is 1. The van der Waals surface area contributed by atoms with Gasteiger partial charge in [-0.15, -0.1) is 0 Å².